The van der Waals surface area contributed by atoms with E-state index in [1.165, 1.54) is 17.6 Å². The van der Waals surface area contributed by atoms with Gasteiger partial charge in [-0.2, -0.15) is 0 Å². The second kappa shape index (κ2) is 13.4. The maximum Gasteiger partial charge on any atom is 0.326 e. The zero-order chi connectivity index (χ0) is 30.3. The summed E-state index contributed by atoms with van der Waals surface area (Å²) in [4.78, 5) is 50.9. The Morgan fingerprint density at radius 2 is 1.63 bits per heavy atom. The second-order valence-corrected chi connectivity index (χ2v) is 9.96. The molecule has 14 heteroatoms. The highest BCUT2D eigenvalue weighted by Gasteiger charge is 2.41. The number of ether oxygens (including phenoxy) is 1. The van der Waals surface area contributed by atoms with E-state index in [0.717, 1.165) is 0 Å². The fourth-order valence-corrected chi connectivity index (χ4v) is 5.05. The number of benzene rings is 2. The number of aliphatic hydroxyl groups is 2. The number of nitrogens with one attached hydrogen (secondary N) is 2. The number of aliphatic carboxylic acids is 1. The molecule has 2 aromatic heterocycles. The van der Waals surface area contributed by atoms with E-state index in [0.29, 0.717) is 54.6 Å². The number of nitrogens with zero attached hydrogens (tertiary/aromatic N) is 5. The van der Waals surface area contributed by atoms with Gasteiger partial charge in [0.15, 0.2) is 23.3 Å². The molecular formula is C29H31N7O7. The van der Waals surface area contributed by atoms with Crippen molar-refractivity contribution in [2.75, 3.05) is 17.2 Å². The summed E-state index contributed by atoms with van der Waals surface area (Å²) in [5, 5.41) is 31.9. The number of fused-ring (bicyclic) bond motifs is 1. The van der Waals surface area contributed by atoms with E-state index >= 15 is 0 Å². The Balaban J connectivity index is 0.000000351. The molecule has 5 N–H and O–H groups in total. The normalized spacial score (nSPS) is 19.6. The molecule has 2 aromatic carbocycles. The molecule has 2 aliphatic heterocycles. The van der Waals surface area contributed by atoms with Crippen molar-refractivity contribution in [3.8, 4) is 0 Å². The molecule has 3 unspecified atom stereocenters. The van der Waals surface area contributed by atoms with Crippen LogP contribution in [0.3, 0.4) is 0 Å². The van der Waals surface area contributed by atoms with Crippen molar-refractivity contribution < 1.29 is 34.4 Å². The predicted molar refractivity (Wildman–Crippen MR) is 154 cm³/mol. The van der Waals surface area contributed by atoms with Gasteiger partial charge in [-0.05, 0) is 37.8 Å². The van der Waals surface area contributed by atoms with Gasteiger partial charge in [0.25, 0.3) is 5.91 Å². The van der Waals surface area contributed by atoms with Crippen LogP contribution in [0, 0.1) is 0 Å². The Kier molecular flexibility index (Phi) is 9.20. The van der Waals surface area contributed by atoms with Crippen LogP contribution >= 0.6 is 0 Å². The first-order chi connectivity index (χ1) is 20.8. The lowest BCUT2D eigenvalue weighted by Crippen LogP contribution is -2.45. The molecule has 3 amide bonds. The van der Waals surface area contributed by atoms with E-state index < -0.39 is 36.7 Å². The summed E-state index contributed by atoms with van der Waals surface area (Å²) in [6.45, 7) is 0.418. The number of urea groups is 1. The summed E-state index contributed by atoms with van der Waals surface area (Å²) in [6.07, 6.45) is 2.40. The zero-order valence-electron chi connectivity index (χ0n) is 23.0. The number of likely N-dealkylation sites (tertiary alicyclic amines) is 1. The van der Waals surface area contributed by atoms with Crippen LogP contribution in [0.1, 0.15) is 43.8 Å². The molecular weight excluding hydrogens is 558 g/mol. The SMILES string of the molecule is O=C(Nc1ccccc1)Nc1ncnc2c1ncn2C1CCC(C(=O)N2CCCC2C(=O)O)O1.OC(O)c1ccccc1. The summed E-state index contributed by atoms with van der Waals surface area (Å²) in [6, 6.07) is 16.4. The Morgan fingerprint density at radius 1 is 0.907 bits per heavy atom. The van der Waals surface area contributed by atoms with Crippen molar-refractivity contribution >= 4 is 40.6 Å². The third-order valence-corrected chi connectivity index (χ3v) is 7.12. The lowest BCUT2D eigenvalue weighted by molar-refractivity contribution is -0.154. The van der Waals surface area contributed by atoms with Crippen molar-refractivity contribution in [3.05, 3.63) is 78.9 Å². The molecule has 6 rings (SSSR count). The van der Waals surface area contributed by atoms with Gasteiger partial charge in [-0.25, -0.2) is 24.5 Å². The number of amides is 3. The minimum atomic E-state index is -1.34. The lowest BCUT2D eigenvalue weighted by atomic mass is 10.2. The van der Waals surface area contributed by atoms with E-state index in [1.807, 2.05) is 24.3 Å². The molecule has 0 bridgehead atoms. The number of carbonyl (C=O) groups excluding carboxylic acids is 2. The average molecular weight is 590 g/mol. The standard InChI is InChI=1S/C22H23N7O5.C7H8O2/c30-20(28-10-4-7-14(28)21(31)32)15-8-9-16(34-15)29-12-25-17-18(23-11-24-19(17)29)27-22(33)26-13-5-2-1-3-6-13;8-7(9)6-4-2-1-3-5-6/h1-3,5-6,11-12,14-16H,4,7-10H2,(H,31,32)(H2,23,24,26,27,33);1-5,7-9H. The van der Waals surface area contributed by atoms with Crippen molar-refractivity contribution in [3.63, 3.8) is 0 Å². The van der Waals surface area contributed by atoms with Gasteiger partial charge in [-0.1, -0.05) is 48.5 Å². The number of aliphatic hydroxyl groups excluding tert-OH is 1. The minimum Gasteiger partial charge on any atom is -0.480 e. The van der Waals surface area contributed by atoms with Crippen LogP contribution in [0.25, 0.3) is 11.2 Å². The number of para-hydroxylation sites is 1. The molecule has 14 nitrogen and oxygen atoms in total. The van der Waals surface area contributed by atoms with Crippen LogP contribution in [-0.2, 0) is 14.3 Å². The first kappa shape index (κ1) is 29.6. The highest BCUT2D eigenvalue weighted by atomic mass is 16.5. The summed E-state index contributed by atoms with van der Waals surface area (Å²) >= 11 is 0. The zero-order valence-corrected chi connectivity index (χ0v) is 23.0. The Hall–Kier alpha value is -4.92. The second-order valence-electron chi connectivity index (χ2n) is 9.96. The third-order valence-electron chi connectivity index (χ3n) is 7.12. The topological polar surface area (TPSA) is 192 Å². The van der Waals surface area contributed by atoms with Gasteiger partial charge in [-0.15, -0.1) is 0 Å². The number of carboxylic acids is 1. The van der Waals surface area contributed by atoms with Crippen molar-refractivity contribution in [2.45, 2.75) is 50.3 Å². The van der Waals surface area contributed by atoms with Crippen molar-refractivity contribution in [1.82, 2.24) is 24.4 Å². The van der Waals surface area contributed by atoms with E-state index in [1.54, 1.807) is 41.0 Å². The van der Waals surface area contributed by atoms with E-state index in [4.69, 9.17) is 14.9 Å². The van der Waals surface area contributed by atoms with Gasteiger partial charge in [0.1, 0.15) is 24.7 Å². The molecule has 4 heterocycles. The third kappa shape index (κ3) is 6.94. The molecule has 0 radical (unpaired) electrons. The Morgan fingerprint density at radius 3 is 2.30 bits per heavy atom. The van der Waals surface area contributed by atoms with Crippen LogP contribution < -0.4 is 10.6 Å². The van der Waals surface area contributed by atoms with Gasteiger partial charge in [0.2, 0.25) is 0 Å². The molecule has 43 heavy (non-hydrogen) atoms. The Labute approximate surface area is 246 Å². The maximum absolute atomic E-state index is 12.9. The Bertz CT molecular complexity index is 1570. The summed E-state index contributed by atoms with van der Waals surface area (Å²) in [5.41, 5.74) is 1.99. The first-order valence-electron chi connectivity index (χ1n) is 13.7. The number of hydrogen-bond donors (Lipinski definition) is 5. The first-order valence-corrected chi connectivity index (χ1v) is 13.7. The highest BCUT2D eigenvalue weighted by molar-refractivity contribution is 6.02. The monoisotopic (exact) mass is 589 g/mol. The van der Waals surface area contributed by atoms with Gasteiger partial charge >= 0.3 is 12.0 Å². The van der Waals surface area contributed by atoms with Gasteiger partial charge in [0, 0.05) is 17.8 Å². The van der Waals surface area contributed by atoms with Crippen molar-refractivity contribution in [2.24, 2.45) is 0 Å². The molecule has 2 fully saturated rings. The molecule has 0 saturated carbocycles. The molecule has 4 aromatic rings. The van der Waals surface area contributed by atoms with Crippen LogP contribution in [-0.4, -0.2) is 76.3 Å². The van der Waals surface area contributed by atoms with Gasteiger partial charge < -0.3 is 30.3 Å². The predicted octanol–water partition coefficient (Wildman–Crippen LogP) is 2.89. The minimum absolute atomic E-state index is 0.240. The van der Waals surface area contributed by atoms with E-state index in [2.05, 4.69) is 25.6 Å². The summed E-state index contributed by atoms with van der Waals surface area (Å²) in [7, 11) is 0. The average Bonchev–Trinajstić information content (AvgIpc) is 3.78. The number of imidazole rings is 1. The largest absolute Gasteiger partial charge is 0.480 e. The highest BCUT2D eigenvalue weighted by Crippen LogP contribution is 2.33. The van der Waals surface area contributed by atoms with E-state index in [-0.39, 0.29) is 11.7 Å². The van der Waals surface area contributed by atoms with Gasteiger partial charge in [0.05, 0.1) is 6.33 Å². The number of rotatable bonds is 6. The summed E-state index contributed by atoms with van der Waals surface area (Å²) < 4.78 is 7.69. The quantitative estimate of drug-likeness (QED) is 0.209. The van der Waals surface area contributed by atoms with E-state index in [9.17, 15) is 19.5 Å². The fourth-order valence-electron chi connectivity index (χ4n) is 5.05. The van der Waals surface area contributed by atoms with Crippen LogP contribution in [0.2, 0.25) is 0 Å². The lowest BCUT2D eigenvalue weighted by Gasteiger charge is -2.24. The number of carboxylic acid groups (broad SMARTS) is 1. The number of aromatic nitrogens is 4. The summed E-state index contributed by atoms with van der Waals surface area (Å²) in [5.74, 6) is -1.05. The molecule has 2 saturated heterocycles. The fraction of sp³-hybridized carbons (Fsp3) is 0.310. The molecule has 0 aliphatic carbocycles. The van der Waals surface area contributed by atoms with Crippen molar-refractivity contribution in [1.29, 1.82) is 0 Å². The molecule has 0 spiro atoms. The molecule has 2 aliphatic rings. The van der Waals surface area contributed by atoms with Gasteiger partial charge in [-0.3, -0.25) is 14.7 Å². The van der Waals surface area contributed by atoms with Crippen LogP contribution in [0.4, 0.5) is 16.3 Å². The van der Waals surface area contributed by atoms with Crippen LogP contribution in [0.15, 0.2) is 73.3 Å². The smallest absolute Gasteiger partial charge is 0.326 e. The maximum atomic E-state index is 12.9. The molecule has 3 atom stereocenters. The number of hydrogen-bond acceptors (Lipinski definition) is 9. The number of anilines is 2. The van der Waals surface area contributed by atoms with Crippen LogP contribution in [0.5, 0.6) is 0 Å². The molecule has 224 valence electrons. The number of carbonyl (C=O) groups is 3.